The zero-order valence-corrected chi connectivity index (χ0v) is 11.3. The van der Waals surface area contributed by atoms with Crippen molar-refractivity contribution < 1.29 is 4.79 Å². The maximum absolute atomic E-state index is 12.2. The molecule has 2 N–H and O–H groups in total. The van der Waals surface area contributed by atoms with Crippen LogP contribution in [0.25, 0.3) is 0 Å². The highest BCUT2D eigenvalue weighted by Crippen LogP contribution is 2.17. The van der Waals surface area contributed by atoms with Crippen molar-refractivity contribution in [3.8, 4) is 0 Å². The van der Waals surface area contributed by atoms with Gasteiger partial charge in [-0.05, 0) is 30.7 Å². The quantitative estimate of drug-likeness (QED) is 0.856. The molecule has 1 amide bonds. The van der Waals surface area contributed by atoms with Crippen molar-refractivity contribution in [3.63, 3.8) is 0 Å². The zero-order chi connectivity index (χ0) is 13.8. The number of amides is 1. The van der Waals surface area contributed by atoms with E-state index >= 15 is 0 Å². The SMILES string of the molecule is Cc1cccc(CC(=O)N(C)c2cccc(N)c2)c1. The monoisotopic (exact) mass is 254 g/mol. The smallest absolute Gasteiger partial charge is 0.231 e. The Labute approximate surface area is 113 Å². The van der Waals surface area contributed by atoms with Gasteiger partial charge in [0, 0.05) is 18.4 Å². The van der Waals surface area contributed by atoms with Gasteiger partial charge in [-0.25, -0.2) is 0 Å². The van der Waals surface area contributed by atoms with E-state index < -0.39 is 0 Å². The van der Waals surface area contributed by atoms with Gasteiger partial charge < -0.3 is 10.6 Å². The summed E-state index contributed by atoms with van der Waals surface area (Å²) in [7, 11) is 1.77. The Balaban J connectivity index is 2.12. The first-order chi connectivity index (χ1) is 9.06. The second-order valence-corrected chi connectivity index (χ2v) is 4.71. The molecule has 2 aromatic rings. The molecule has 0 saturated carbocycles. The van der Waals surface area contributed by atoms with E-state index in [1.165, 1.54) is 0 Å². The number of likely N-dealkylation sites (N-methyl/N-ethyl adjacent to an activating group) is 1. The normalized spacial score (nSPS) is 10.2. The maximum atomic E-state index is 12.2. The molecule has 0 unspecified atom stereocenters. The Kier molecular flexibility index (Phi) is 3.85. The third-order valence-corrected chi connectivity index (χ3v) is 3.07. The van der Waals surface area contributed by atoms with Gasteiger partial charge in [-0.1, -0.05) is 35.9 Å². The summed E-state index contributed by atoms with van der Waals surface area (Å²) in [6.45, 7) is 2.02. The molecule has 2 rings (SSSR count). The van der Waals surface area contributed by atoms with Gasteiger partial charge in [-0.3, -0.25) is 4.79 Å². The van der Waals surface area contributed by atoms with Crippen LogP contribution in [0.4, 0.5) is 11.4 Å². The molecule has 0 aromatic heterocycles. The van der Waals surface area contributed by atoms with E-state index in [2.05, 4.69) is 0 Å². The number of nitrogens with zero attached hydrogens (tertiary/aromatic N) is 1. The van der Waals surface area contributed by atoms with Crippen LogP contribution >= 0.6 is 0 Å². The van der Waals surface area contributed by atoms with Crippen LogP contribution in [0.2, 0.25) is 0 Å². The van der Waals surface area contributed by atoms with E-state index in [0.29, 0.717) is 12.1 Å². The average Bonchev–Trinajstić information content (AvgIpc) is 2.38. The van der Waals surface area contributed by atoms with Gasteiger partial charge in [0.25, 0.3) is 0 Å². The second-order valence-electron chi connectivity index (χ2n) is 4.71. The Hall–Kier alpha value is -2.29. The minimum Gasteiger partial charge on any atom is -0.399 e. The van der Waals surface area contributed by atoms with Crippen LogP contribution in [0.3, 0.4) is 0 Å². The van der Waals surface area contributed by atoms with Crippen LogP contribution in [0, 0.1) is 6.92 Å². The first kappa shape index (κ1) is 13.1. The van der Waals surface area contributed by atoms with Crippen molar-refractivity contribution in [1.29, 1.82) is 0 Å². The first-order valence-corrected chi connectivity index (χ1v) is 6.24. The van der Waals surface area contributed by atoms with Crippen molar-refractivity contribution in [2.45, 2.75) is 13.3 Å². The molecule has 0 fully saturated rings. The molecular formula is C16H18N2O. The van der Waals surface area contributed by atoms with E-state index in [0.717, 1.165) is 16.8 Å². The second kappa shape index (κ2) is 5.57. The van der Waals surface area contributed by atoms with Crippen molar-refractivity contribution >= 4 is 17.3 Å². The fourth-order valence-corrected chi connectivity index (χ4v) is 1.99. The lowest BCUT2D eigenvalue weighted by molar-refractivity contribution is -0.117. The van der Waals surface area contributed by atoms with E-state index in [1.807, 2.05) is 49.4 Å². The molecule has 0 radical (unpaired) electrons. The molecule has 19 heavy (non-hydrogen) atoms. The van der Waals surface area contributed by atoms with Gasteiger partial charge in [0.1, 0.15) is 0 Å². The molecule has 0 bridgehead atoms. The van der Waals surface area contributed by atoms with E-state index in [-0.39, 0.29) is 5.91 Å². The van der Waals surface area contributed by atoms with Gasteiger partial charge in [-0.2, -0.15) is 0 Å². The lowest BCUT2D eigenvalue weighted by Gasteiger charge is -2.18. The van der Waals surface area contributed by atoms with Crippen molar-refractivity contribution in [2.75, 3.05) is 17.7 Å². The minimum absolute atomic E-state index is 0.0520. The highest BCUT2D eigenvalue weighted by atomic mass is 16.2. The van der Waals surface area contributed by atoms with Gasteiger partial charge in [0.05, 0.1) is 6.42 Å². The molecule has 3 nitrogen and oxygen atoms in total. The number of carbonyl (C=O) groups is 1. The van der Waals surface area contributed by atoms with Crippen LogP contribution in [0.15, 0.2) is 48.5 Å². The molecule has 2 aromatic carbocycles. The summed E-state index contributed by atoms with van der Waals surface area (Å²) in [6, 6.07) is 15.3. The fraction of sp³-hybridized carbons (Fsp3) is 0.188. The highest BCUT2D eigenvalue weighted by molar-refractivity contribution is 5.94. The molecular weight excluding hydrogens is 236 g/mol. The highest BCUT2D eigenvalue weighted by Gasteiger charge is 2.11. The van der Waals surface area contributed by atoms with Crippen molar-refractivity contribution in [3.05, 3.63) is 59.7 Å². The molecule has 0 spiro atoms. The van der Waals surface area contributed by atoms with Crippen LogP contribution in [0.5, 0.6) is 0 Å². The number of benzene rings is 2. The van der Waals surface area contributed by atoms with Crippen LogP contribution in [-0.2, 0) is 11.2 Å². The van der Waals surface area contributed by atoms with E-state index in [1.54, 1.807) is 18.0 Å². The summed E-state index contributed by atoms with van der Waals surface area (Å²) >= 11 is 0. The van der Waals surface area contributed by atoms with E-state index in [4.69, 9.17) is 5.73 Å². The number of nitrogens with two attached hydrogens (primary N) is 1. The molecule has 0 atom stereocenters. The zero-order valence-electron chi connectivity index (χ0n) is 11.3. The molecule has 0 aliphatic heterocycles. The summed E-state index contributed by atoms with van der Waals surface area (Å²) in [4.78, 5) is 13.9. The lowest BCUT2D eigenvalue weighted by Crippen LogP contribution is -2.27. The Morgan fingerprint density at radius 3 is 2.58 bits per heavy atom. The van der Waals surface area contributed by atoms with Gasteiger partial charge in [-0.15, -0.1) is 0 Å². The van der Waals surface area contributed by atoms with E-state index in [9.17, 15) is 4.79 Å². The van der Waals surface area contributed by atoms with Crippen LogP contribution < -0.4 is 10.6 Å². The minimum atomic E-state index is 0.0520. The topological polar surface area (TPSA) is 46.3 Å². The molecule has 0 aliphatic rings. The fourth-order valence-electron chi connectivity index (χ4n) is 1.99. The number of hydrogen-bond donors (Lipinski definition) is 1. The largest absolute Gasteiger partial charge is 0.399 e. The Morgan fingerprint density at radius 2 is 1.89 bits per heavy atom. The first-order valence-electron chi connectivity index (χ1n) is 6.24. The number of aryl methyl sites for hydroxylation is 1. The van der Waals surface area contributed by atoms with Crippen molar-refractivity contribution in [2.24, 2.45) is 0 Å². The summed E-state index contributed by atoms with van der Waals surface area (Å²) in [5, 5.41) is 0. The molecule has 98 valence electrons. The predicted octanol–water partition coefficient (Wildman–Crippen LogP) is 2.78. The number of anilines is 2. The summed E-state index contributed by atoms with van der Waals surface area (Å²) < 4.78 is 0. The standard InChI is InChI=1S/C16H18N2O/c1-12-5-3-6-13(9-12)10-16(19)18(2)15-8-4-7-14(17)11-15/h3-9,11H,10,17H2,1-2H3. The van der Waals surface area contributed by atoms with Crippen LogP contribution in [0.1, 0.15) is 11.1 Å². The van der Waals surface area contributed by atoms with Crippen molar-refractivity contribution in [1.82, 2.24) is 0 Å². The summed E-state index contributed by atoms with van der Waals surface area (Å²) in [6.07, 6.45) is 0.396. The molecule has 0 saturated heterocycles. The summed E-state index contributed by atoms with van der Waals surface area (Å²) in [5.74, 6) is 0.0520. The van der Waals surface area contributed by atoms with Gasteiger partial charge in [0.2, 0.25) is 5.91 Å². The number of nitrogen functional groups attached to an aromatic ring is 1. The van der Waals surface area contributed by atoms with Gasteiger partial charge >= 0.3 is 0 Å². The number of rotatable bonds is 3. The Bertz CT molecular complexity index is 593. The lowest BCUT2D eigenvalue weighted by atomic mass is 10.1. The third-order valence-electron chi connectivity index (χ3n) is 3.07. The van der Waals surface area contributed by atoms with Gasteiger partial charge in [0.15, 0.2) is 0 Å². The molecule has 3 heteroatoms. The number of carbonyl (C=O) groups excluding carboxylic acids is 1. The molecule has 0 aliphatic carbocycles. The predicted molar refractivity (Wildman–Crippen MR) is 79.1 cm³/mol. The molecule has 0 heterocycles. The van der Waals surface area contributed by atoms with Crippen LogP contribution in [-0.4, -0.2) is 13.0 Å². The maximum Gasteiger partial charge on any atom is 0.231 e. The third kappa shape index (κ3) is 3.35. The Morgan fingerprint density at radius 1 is 1.16 bits per heavy atom. The average molecular weight is 254 g/mol. The number of hydrogen-bond acceptors (Lipinski definition) is 2. The summed E-state index contributed by atoms with van der Waals surface area (Å²) in [5.41, 5.74) is 9.40.